The second-order valence-corrected chi connectivity index (χ2v) is 5.57. The van der Waals surface area contributed by atoms with E-state index >= 15 is 0 Å². The number of nitrogens with zero attached hydrogens (tertiary/aromatic N) is 1. The molecule has 0 bridgehead atoms. The molecule has 0 spiro atoms. The molecule has 2 aromatic rings. The van der Waals surface area contributed by atoms with Crippen molar-refractivity contribution in [3.8, 4) is 11.8 Å². The number of benzene rings is 2. The first-order chi connectivity index (χ1) is 11.4. The fraction of sp³-hybridized carbons (Fsp3) is 0.0667. The van der Waals surface area contributed by atoms with E-state index in [1.807, 2.05) is 6.07 Å². The van der Waals surface area contributed by atoms with E-state index in [4.69, 9.17) is 5.26 Å². The zero-order chi connectivity index (χ0) is 17.6. The first-order valence-electron chi connectivity index (χ1n) is 6.64. The highest BCUT2D eigenvalue weighted by molar-refractivity contribution is 7.81. The first kappa shape index (κ1) is 17.2. The highest BCUT2D eigenvalue weighted by atomic mass is 32.3. The van der Waals surface area contributed by atoms with Crippen LogP contribution in [0, 0.1) is 11.3 Å². The van der Waals surface area contributed by atoms with E-state index < -0.39 is 16.5 Å². The summed E-state index contributed by atoms with van der Waals surface area (Å²) >= 11 is 0. The Morgan fingerprint density at radius 3 is 2.54 bits per heavy atom. The monoisotopic (exact) mass is 349 g/mol. The summed E-state index contributed by atoms with van der Waals surface area (Å²) in [6.45, 7) is 0.225. The maximum absolute atomic E-state index is 12.4. The van der Waals surface area contributed by atoms with Crippen molar-refractivity contribution in [2.24, 2.45) is 0 Å². The Bertz CT molecular complexity index is 876. The molecule has 0 radical (unpaired) electrons. The van der Waals surface area contributed by atoms with E-state index in [1.165, 1.54) is 24.3 Å². The van der Waals surface area contributed by atoms with Crippen molar-refractivity contribution < 1.29 is 21.3 Å². The van der Waals surface area contributed by atoms with Crippen LogP contribution in [0.2, 0.25) is 0 Å². The molecule has 7 nitrogen and oxygen atoms in total. The van der Waals surface area contributed by atoms with Crippen LogP contribution >= 0.6 is 0 Å². The molecule has 0 aliphatic heterocycles. The zero-order valence-corrected chi connectivity index (χ0v) is 13.0. The number of hydrogen-bond acceptors (Lipinski definition) is 5. The van der Waals surface area contributed by atoms with Crippen molar-refractivity contribution in [2.45, 2.75) is 6.54 Å². The Morgan fingerprint density at radius 1 is 1.21 bits per heavy atom. The van der Waals surface area contributed by atoms with Gasteiger partial charge in [-0.25, -0.2) is 4.79 Å². The molecule has 0 saturated carbocycles. The number of halogens is 1. The molecular formula is C15H12FN3O4S. The van der Waals surface area contributed by atoms with Crippen molar-refractivity contribution in [1.29, 1.82) is 5.26 Å². The summed E-state index contributed by atoms with van der Waals surface area (Å²) in [6, 6.07) is 13.4. The van der Waals surface area contributed by atoms with Crippen molar-refractivity contribution in [1.82, 2.24) is 5.32 Å². The summed E-state index contributed by atoms with van der Waals surface area (Å²) in [7, 11) is -5.08. The minimum atomic E-state index is -5.08. The average Bonchev–Trinajstić information content (AvgIpc) is 2.54. The average molecular weight is 349 g/mol. The molecule has 0 aliphatic carbocycles. The Balaban J connectivity index is 1.89. The predicted molar refractivity (Wildman–Crippen MR) is 84.1 cm³/mol. The van der Waals surface area contributed by atoms with Crippen LogP contribution in [0.4, 0.5) is 14.4 Å². The molecule has 2 rings (SSSR count). The van der Waals surface area contributed by atoms with Gasteiger partial charge in [0.15, 0.2) is 0 Å². The minimum Gasteiger partial charge on any atom is -0.358 e. The number of carbonyl (C=O) groups is 1. The lowest BCUT2D eigenvalue weighted by molar-refractivity contribution is 0.251. The van der Waals surface area contributed by atoms with Crippen LogP contribution in [0.5, 0.6) is 5.75 Å². The molecule has 0 heterocycles. The van der Waals surface area contributed by atoms with Crippen LogP contribution in [0.3, 0.4) is 0 Å². The van der Waals surface area contributed by atoms with Gasteiger partial charge in [0.2, 0.25) is 0 Å². The van der Waals surface area contributed by atoms with Gasteiger partial charge in [-0.1, -0.05) is 16.0 Å². The van der Waals surface area contributed by atoms with Gasteiger partial charge in [-0.3, -0.25) is 0 Å². The fourth-order valence-electron chi connectivity index (χ4n) is 1.82. The summed E-state index contributed by atoms with van der Waals surface area (Å²) < 4.78 is 37.1. The number of nitriles is 1. The van der Waals surface area contributed by atoms with Gasteiger partial charge in [0.1, 0.15) is 5.75 Å². The minimum absolute atomic E-state index is 0.211. The molecule has 2 N–H and O–H groups in total. The van der Waals surface area contributed by atoms with Crippen LogP contribution in [-0.4, -0.2) is 14.4 Å². The SMILES string of the molecule is N#Cc1cccc(CNC(=O)Nc2ccc(OS(=O)(=O)F)cc2)c1. The van der Waals surface area contributed by atoms with E-state index in [2.05, 4.69) is 14.8 Å². The van der Waals surface area contributed by atoms with Gasteiger partial charge in [0.25, 0.3) is 0 Å². The third kappa shape index (κ3) is 5.58. The van der Waals surface area contributed by atoms with Crippen molar-refractivity contribution >= 4 is 22.2 Å². The molecule has 0 aromatic heterocycles. The molecule has 2 aromatic carbocycles. The zero-order valence-electron chi connectivity index (χ0n) is 12.2. The molecule has 124 valence electrons. The molecule has 0 aliphatic rings. The van der Waals surface area contributed by atoms with Crippen LogP contribution in [0.15, 0.2) is 48.5 Å². The predicted octanol–water partition coefficient (Wildman–Crippen LogP) is 2.47. The fourth-order valence-corrected chi connectivity index (χ4v) is 2.16. The third-order valence-corrected chi connectivity index (χ3v) is 3.21. The van der Waals surface area contributed by atoms with Crippen LogP contribution in [0.25, 0.3) is 0 Å². The van der Waals surface area contributed by atoms with Gasteiger partial charge in [-0.05, 0) is 42.0 Å². The van der Waals surface area contributed by atoms with E-state index in [-0.39, 0.29) is 12.3 Å². The Hall–Kier alpha value is -3.12. The molecular weight excluding hydrogens is 337 g/mol. The standard InChI is InChI=1S/C15H12FN3O4S/c16-24(21,22)23-14-6-4-13(5-7-14)19-15(20)18-10-12-3-1-2-11(8-12)9-17/h1-8H,10H2,(H2,18,19,20). The second kappa shape index (κ2) is 7.43. The highest BCUT2D eigenvalue weighted by Crippen LogP contribution is 2.17. The van der Waals surface area contributed by atoms with Gasteiger partial charge in [0, 0.05) is 12.2 Å². The lowest BCUT2D eigenvalue weighted by Crippen LogP contribution is -2.28. The number of rotatable bonds is 5. The van der Waals surface area contributed by atoms with E-state index in [9.17, 15) is 17.1 Å². The van der Waals surface area contributed by atoms with Gasteiger partial charge in [0.05, 0.1) is 11.6 Å². The van der Waals surface area contributed by atoms with Gasteiger partial charge >= 0.3 is 16.5 Å². The largest absolute Gasteiger partial charge is 0.488 e. The number of amides is 2. The molecule has 0 atom stereocenters. The molecule has 0 saturated heterocycles. The topological polar surface area (TPSA) is 108 Å². The summed E-state index contributed by atoms with van der Waals surface area (Å²) in [4.78, 5) is 11.8. The van der Waals surface area contributed by atoms with E-state index in [1.54, 1.807) is 24.3 Å². The number of anilines is 1. The second-order valence-electron chi connectivity index (χ2n) is 4.62. The van der Waals surface area contributed by atoms with Gasteiger partial charge in [-0.2, -0.15) is 13.7 Å². The van der Waals surface area contributed by atoms with Gasteiger partial charge in [-0.15, -0.1) is 0 Å². The van der Waals surface area contributed by atoms with Crippen molar-refractivity contribution in [3.63, 3.8) is 0 Å². The number of nitrogens with one attached hydrogen (secondary N) is 2. The Kier molecular flexibility index (Phi) is 5.34. The first-order valence-corrected chi connectivity index (χ1v) is 7.94. The molecule has 0 fully saturated rings. The van der Waals surface area contributed by atoms with Gasteiger partial charge < -0.3 is 14.8 Å². The molecule has 0 unspecified atom stereocenters. The maximum atomic E-state index is 12.4. The quantitative estimate of drug-likeness (QED) is 0.806. The maximum Gasteiger partial charge on any atom is 0.488 e. The van der Waals surface area contributed by atoms with E-state index in [0.29, 0.717) is 11.3 Å². The highest BCUT2D eigenvalue weighted by Gasteiger charge is 2.09. The Morgan fingerprint density at radius 2 is 1.92 bits per heavy atom. The number of carbonyl (C=O) groups excluding carboxylic acids is 1. The summed E-state index contributed by atoms with van der Waals surface area (Å²) in [5.74, 6) is -0.211. The summed E-state index contributed by atoms with van der Waals surface area (Å²) in [6.07, 6.45) is 0. The lowest BCUT2D eigenvalue weighted by Gasteiger charge is -2.08. The van der Waals surface area contributed by atoms with E-state index in [0.717, 1.165) is 5.56 Å². The Labute approximate surface area is 138 Å². The summed E-state index contributed by atoms with van der Waals surface area (Å²) in [5, 5.41) is 13.9. The molecule has 24 heavy (non-hydrogen) atoms. The van der Waals surface area contributed by atoms with Crippen LogP contribution in [0.1, 0.15) is 11.1 Å². The third-order valence-electron chi connectivity index (χ3n) is 2.82. The molecule has 2 amide bonds. The van der Waals surface area contributed by atoms with Crippen molar-refractivity contribution in [2.75, 3.05) is 5.32 Å². The van der Waals surface area contributed by atoms with Crippen molar-refractivity contribution in [3.05, 3.63) is 59.7 Å². The molecule has 9 heteroatoms. The summed E-state index contributed by atoms with van der Waals surface area (Å²) in [5.41, 5.74) is 1.62. The normalized spacial score (nSPS) is 10.5. The lowest BCUT2D eigenvalue weighted by atomic mass is 10.1. The van der Waals surface area contributed by atoms with Crippen LogP contribution < -0.4 is 14.8 Å². The number of urea groups is 1. The number of hydrogen-bond donors (Lipinski definition) is 2. The van der Waals surface area contributed by atoms with Crippen LogP contribution in [-0.2, 0) is 17.0 Å². The smallest absolute Gasteiger partial charge is 0.358 e.